The Labute approximate surface area is 330 Å². The van der Waals surface area contributed by atoms with E-state index >= 15 is 0 Å². The van der Waals surface area contributed by atoms with Crippen LogP contribution in [0.3, 0.4) is 0 Å². The molecule has 1 aliphatic heterocycles. The molecule has 1 aliphatic rings. The second-order valence-electron chi connectivity index (χ2n) is 15.9. The second-order valence-corrected chi connectivity index (χ2v) is 15.9. The van der Waals surface area contributed by atoms with Crippen LogP contribution in [0.25, 0.3) is 0 Å². The molecule has 0 saturated carbocycles. The molecule has 0 aliphatic carbocycles. The quantitative estimate of drug-likeness (QED) is 0.116. The molecule has 1 aromatic heterocycles. The summed E-state index contributed by atoms with van der Waals surface area (Å²) in [5, 5.41) is 8.11. The number of carbonyl (C=O) groups excluding carboxylic acids is 4. The number of aryl methyl sites for hydroxylation is 1. The first-order chi connectivity index (χ1) is 26.8. The summed E-state index contributed by atoms with van der Waals surface area (Å²) in [5.41, 5.74) is 0.860. The van der Waals surface area contributed by atoms with Crippen molar-refractivity contribution in [3.63, 3.8) is 0 Å². The van der Waals surface area contributed by atoms with E-state index in [1.165, 1.54) is 25.7 Å². The summed E-state index contributed by atoms with van der Waals surface area (Å²) in [5.74, 6) is -0.451. The van der Waals surface area contributed by atoms with E-state index in [2.05, 4.69) is 45.2 Å². The molecular weight excluding hydrogens is 709 g/mol. The molecule has 4 aromatic rings. The van der Waals surface area contributed by atoms with Crippen LogP contribution in [0.15, 0.2) is 104 Å². The summed E-state index contributed by atoms with van der Waals surface area (Å²) in [4.78, 5) is 60.4. The molecule has 298 valence electrons. The number of hydrogen-bond donors (Lipinski definition) is 3. The van der Waals surface area contributed by atoms with E-state index in [1.807, 2.05) is 71.6 Å². The summed E-state index contributed by atoms with van der Waals surface area (Å²) in [7, 11) is 0. The number of amides is 4. The average Bonchev–Trinajstić information content (AvgIpc) is 3.62. The lowest BCUT2D eigenvalue weighted by atomic mass is 9.90. The van der Waals surface area contributed by atoms with E-state index in [-0.39, 0.29) is 24.9 Å². The number of aromatic nitrogens is 2. The molecular formula is C44H56N6O6. The third-order valence-electron chi connectivity index (χ3n) is 9.75. The van der Waals surface area contributed by atoms with Crippen molar-refractivity contribution in [3.8, 4) is 0 Å². The number of nitrogens with zero attached hydrogens (tertiary/aromatic N) is 3. The fraction of sp³-hybridized carbons (Fsp3) is 0.432. The summed E-state index contributed by atoms with van der Waals surface area (Å²) < 4.78 is 12.9. The molecule has 0 radical (unpaired) electrons. The minimum atomic E-state index is -1.43. The zero-order valence-corrected chi connectivity index (χ0v) is 33.2. The molecule has 12 heteroatoms. The summed E-state index contributed by atoms with van der Waals surface area (Å²) in [6.45, 7) is 9.61. The van der Waals surface area contributed by atoms with Gasteiger partial charge in [-0.25, -0.2) is 9.78 Å². The Bertz CT molecular complexity index is 1870. The first kappa shape index (κ1) is 41.7. The minimum Gasteiger partial charge on any atom is -0.444 e. The van der Waals surface area contributed by atoms with Crippen molar-refractivity contribution >= 4 is 29.6 Å². The summed E-state index contributed by atoms with van der Waals surface area (Å²) in [6, 6.07) is 27.7. The molecule has 2 atom stereocenters. The van der Waals surface area contributed by atoms with Gasteiger partial charge in [-0.15, -0.1) is 0 Å². The van der Waals surface area contributed by atoms with Gasteiger partial charge in [-0.2, -0.15) is 0 Å². The molecule has 1 fully saturated rings. The van der Waals surface area contributed by atoms with Crippen molar-refractivity contribution in [2.24, 2.45) is 5.92 Å². The van der Waals surface area contributed by atoms with E-state index in [9.17, 15) is 19.2 Å². The normalized spacial score (nSPS) is 14.7. The Morgan fingerprint density at radius 2 is 1.45 bits per heavy atom. The highest BCUT2D eigenvalue weighted by Crippen LogP contribution is 2.28. The lowest BCUT2D eigenvalue weighted by Gasteiger charge is -2.34. The van der Waals surface area contributed by atoms with E-state index in [0.29, 0.717) is 19.0 Å². The van der Waals surface area contributed by atoms with Crippen molar-refractivity contribution in [1.82, 2.24) is 25.1 Å². The number of carbonyl (C=O) groups is 4. The topological polar surface area (TPSA) is 144 Å². The van der Waals surface area contributed by atoms with E-state index < -0.39 is 41.1 Å². The van der Waals surface area contributed by atoms with Crippen molar-refractivity contribution < 1.29 is 28.7 Å². The van der Waals surface area contributed by atoms with Crippen LogP contribution in [-0.2, 0) is 36.9 Å². The molecule has 0 bridgehead atoms. The van der Waals surface area contributed by atoms with Gasteiger partial charge in [0.2, 0.25) is 11.8 Å². The minimum absolute atomic E-state index is 0.0339. The van der Waals surface area contributed by atoms with Crippen molar-refractivity contribution in [1.29, 1.82) is 0 Å². The van der Waals surface area contributed by atoms with Crippen LogP contribution in [0.4, 0.5) is 10.6 Å². The van der Waals surface area contributed by atoms with Gasteiger partial charge in [0.25, 0.3) is 5.91 Å². The van der Waals surface area contributed by atoms with Crippen molar-refractivity contribution in [2.45, 2.75) is 96.6 Å². The van der Waals surface area contributed by atoms with Crippen LogP contribution in [0.2, 0.25) is 0 Å². The number of anilines is 1. The molecule has 12 nitrogen and oxygen atoms in total. The molecule has 3 aromatic carbocycles. The number of nitrogens with one attached hydrogen (secondary N) is 3. The molecule has 1 saturated heterocycles. The van der Waals surface area contributed by atoms with E-state index in [0.717, 1.165) is 43.2 Å². The Hall–Kier alpha value is -5.49. The Morgan fingerprint density at radius 3 is 2.07 bits per heavy atom. The first-order valence-corrected chi connectivity index (χ1v) is 19.4. The molecule has 2 unspecified atom stereocenters. The van der Waals surface area contributed by atoms with E-state index in [4.69, 9.17) is 9.47 Å². The van der Waals surface area contributed by atoms with Gasteiger partial charge in [0, 0.05) is 19.3 Å². The maximum atomic E-state index is 14.2. The highest BCUT2D eigenvalue weighted by Gasteiger charge is 2.35. The Kier molecular flexibility index (Phi) is 14.4. The molecule has 0 spiro atoms. The van der Waals surface area contributed by atoms with Gasteiger partial charge < -0.3 is 34.9 Å². The zero-order valence-electron chi connectivity index (χ0n) is 33.2. The SMILES string of the molecule is CC(C)(C)OC(=O)NC(C)(C)C(=O)NC(COCc1ccccc1)C(=O)Nc1cn(C(C(=O)N2CCC(CCCc3ccccc3)CC2)c2ccccc2)cn1. The van der Waals surface area contributed by atoms with Gasteiger partial charge in [0.05, 0.1) is 19.5 Å². The van der Waals surface area contributed by atoms with Crippen LogP contribution in [-0.4, -0.2) is 75.1 Å². The van der Waals surface area contributed by atoms with Gasteiger partial charge in [-0.1, -0.05) is 91.0 Å². The van der Waals surface area contributed by atoms with E-state index in [1.54, 1.807) is 31.5 Å². The molecule has 56 heavy (non-hydrogen) atoms. The summed E-state index contributed by atoms with van der Waals surface area (Å²) in [6.07, 6.45) is 7.63. The fourth-order valence-corrected chi connectivity index (χ4v) is 6.69. The number of benzene rings is 3. The fourth-order valence-electron chi connectivity index (χ4n) is 6.69. The Balaban J connectivity index is 1.25. The van der Waals surface area contributed by atoms with Crippen molar-refractivity contribution in [3.05, 3.63) is 120 Å². The third-order valence-corrected chi connectivity index (χ3v) is 9.75. The predicted molar refractivity (Wildman–Crippen MR) is 216 cm³/mol. The molecule has 4 amide bonds. The van der Waals surface area contributed by atoms with Gasteiger partial charge in [-0.3, -0.25) is 14.4 Å². The molecule has 2 heterocycles. The standard InChI is InChI=1S/C44H56N6O6/c1-43(2,3)56-42(54)48-44(4,5)41(53)46-36(30-55-29-34-18-11-7-12-19-34)39(51)47-37-28-50(31-45-37)38(35-22-13-8-14-23-35)40(52)49-26-24-33(25-27-49)21-15-20-32-16-9-6-10-17-32/h6-14,16-19,22-23,28,31,33,36,38H,15,20-21,24-27,29-30H2,1-5H3,(H,46,53)(H,47,51)(H,48,54). The number of rotatable bonds is 16. The van der Waals surface area contributed by atoms with Gasteiger partial charge >= 0.3 is 6.09 Å². The number of imidazole rings is 1. The Morgan fingerprint density at radius 1 is 0.839 bits per heavy atom. The zero-order chi connectivity index (χ0) is 40.1. The lowest BCUT2D eigenvalue weighted by molar-refractivity contribution is -0.135. The van der Waals surface area contributed by atoms with Crippen LogP contribution in [0.5, 0.6) is 0 Å². The number of ether oxygens (including phenoxy) is 2. The van der Waals surface area contributed by atoms with Gasteiger partial charge in [0.1, 0.15) is 23.2 Å². The maximum absolute atomic E-state index is 14.2. The summed E-state index contributed by atoms with van der Waals surface area (Å²) >= 11 is 0. The highest BCUT2D eigenvalue weighted by molar-refractivity contribution is 5.98. The average molecular weight is 765 g/mol. The monoisotopic (exact) mass is 764 g/mol. The van der Waals surface area contributed by atoms with Crippen LogP contribution >= 0.6 is 0 Å². The second kappa shape index (κ2) is 19.4. The van der Waals surface area contributed by atoms with Gasteiger partial charge in [0.15, 0.2) is 5.82 Å². The number of piperidine rings is 1. The van der Waals surface area contributed by atoms with Gasteiger partial charge in [-0.05, 0) is 89.3 Å². The molecule has 5 rings (SSSR count). The number of hydrogen-bond acceptors (Lipinski definition) is 7. The van der Waals surface area contributed by atoms with Crippen LogP contribution in [0, 0.1) is 5.92 Å². The number of likely N-dealkylation sites (tertiary alicyclic amines) is 1. The number of alkyl carbamates (subject to hydrolysis) is 1. The largest absolute Gasteiger partial charge is 0.444 e. The lowest BCUT2D eigenvalue weighted by Crippen LogP contribution is -2.59. The first-order valence-electron chi connectivity index (χ1n) is 19.4. The maximum Gasteiger partial charge on any atom is 0.408 e. The van der Waals surface area contributed by atoms with Crippen molar-refractivity contribution in [2.75, 3.05) is 25.0 Å². The highest BCUT2D eigenvalue weighted by atomic mass is 16.6. The van der Waals surface area contributed by atoms with Crippen LogP contribution < -0.4 is 16.0 Å². The smallest absolute Gasteiger partial charge is 0.408 e. The van der Waals surface area contributed by atoms with Crippen LogP contribution in [0.1, 0.15) is 83.0 Å². The predicted octanol–water partition coefficient (Wildman–Crippen LogP) is 6.68. The molecule has 3 N–H and O–H groups in total. The third kappa shape index (κ3) is 12.5.